The molecule has 0 saturated heterocycles. The summed E-state index contributed by atoms with van der Waals surface area (Å²) in [6, 6.07) is 12.5. The number of carbonyl (C=O) groups is 1. The number of nitrogens with one attached hydrogen (secondary N) is 2. The van der Waals surface area contributed by atoms with Crippen LogP contribution in [0.5, 0.6) is 0 Å². The minimum Gasteiger partial charge on any atom is -0.339 e. The number of hydrogen-bond acceptors (Lipinski definition) is 5. The zero-order valence-corrected chi connectivity index (χ0v) is 17.2. The molecule has 0 radical (unpaired) electrons. The van der Waals surface area contributed by atoms with Crippen LogP contribution in [0.3, 0.4) is 0 Å². The molecule has 2 N–H and O–H groups in total. The molecule has 0 unspecified atom stereocenters. The first-order valence-electron chi connectivity index (χ1n) is 9.24. The molecule has 29 heavy (non-hydrogen) atoms. The van der Waals surface area contributed by atoms with E-state index >= 15 is 0 Å². The molecule has 0 aliphatic heterocycles. The van der Waals surface area contributed by atoms with Gasteiger partial charge in [0.1, 0.15) is 5.82 Å². The summed E-state index contributed by atoms with van der Waals surface area (Å²) in [6.45, 7) is 5.26. The zero-order valence-electron chi connectivity index (χ0n) is 16.4. The quantitative estimate of drug-likeness (QED) is 0.570. The average molecular weight is 419 g/mol. The molecule has 6 nitrogen and oxygen atoms in total. The zero-order chi connectivity index (χ0) is 19.9. The number of halogens is 2. The predicted molar refractivity (Wildman–Crippen MR) is 112 cm³/mol. The second-order valence-corrected chi connectivity index (χ2v) is 6.46. The molecule has 2 aromatic carbocycles. The molecule has 0 atom stereocenters. The lowest BCUT2D eigenvalue weighted by Crippen LogP contribution is -2.17. The van der Waals surface area contributed by atoms with Crippen molar-refractivity contribution in [3.05, 3.63) is 65.3 Å². The average Bonchev–Trinajstić information content (AvgIpc) is 3.17. The lowest BCUT2D eigenvalue weighted by atomic mass is 10.1. The van der Waals surface area contributed by atoms with Gasteiger partial charge < -0.3 is 15.2 Å². The van der Waals surface area contributed by atoms with Crippen LogP contribution >= 0.6 is 12.4 Å². The predicted octanol–water partition coefficient (Wildman–Crippen LogP) is 4.29. The van der Waals surface area contributed by atoms with Crippen LogP contribution in [0, 0.1) is 12.7 Å². The molecular formula is C21H24ClFN4O2. The topological polar surface area (TPSA) is 80.0 Å². The summed E-state index contributed by atoms with van der Waals surface area (Å²) in [5, 5.41) is 10.0. The maximum atomic E-state index is 13.7. The molecular weight excluding hydrogens is 395 g/mol. The fourth-order valence-corrected chi connectivity index (χ4v) is 2.69. The van der Waals surface area contributed by atoms with Crippen molar-refractivity contribution in [2.24, 2.45) is 0 Å². The van der Waals surface area contributed by atoms with Gasteiger partial charge in [-0.25, -0.2) is 4.39 Å². The Morgan fingerprint density at radius 3 is 2.76 bits per heavy atom. The first-order valence-corrected chi connectivity index (χ1v) is 9.24. The SMILES string of the molecule is CCNCc1ccccc1NC(=O)CCc1nc(-c2ccc(C)c(F)c2)no1.Cl. The molecule has 1 heterocycles. The third-order valence-corrected chi connectivity index (χ3v) is 4.32. The van der Waals surface area contributed by atoms with E-state index in [-0.39, 0.29) is 30.6 Å². The van der Waals surface area contributed by atoms with Crippen molar-refractivity contribution in [1.82, 2.24) is 15.5 Å². The highest BCUT2D eigenvalue weighted by Crippen LogP contribution is 2.20. The smallest absolute Gasteiger partial charge is 0.227 e. The number of aryl methyl sites for hydroxylation is 2. The summed E-state index contributed by atoms with van der Waals surface area (Å²) in [6.07, 6.45) is 0.516. The van der Waals surface area contributed by atoms with Crippen molar-refractivity contribution < 1.29 is 13.7 Å². The molecule has 3 rings (SSSR count). The highest BCUT2D eigenvalue weighted by Gasteiger charge is 2.13. The van der Waals surface area contributed by atoms with Gasteiger partial charge in [0.2, 0.25) is 17.6 Å². The van der Waals surface area contributed by atoms with Gasteiger partial charge in [-0.3, -0.25) is 4.79 Å². The van der Waals surface area contributed by atoms with E-state index in [0.29, 0.717) is 35.8 Å². The number of nitrogens with zero attached hydrogens (tertiary/aromatic N) is 2. The third-order valence-electron chi connectivity index (χ3n) is 4.32. The molecule has 0 bridgehead atoms. The van der Waals surface area contributed by atoms with Crippen molar-refractivity contribution in [1.29, 1.82) is 0 Å². The van der Waals surface area contributed by atoms with E-state index in [9.17, 15) is 9.18 Å². The fourth-order valence-electron chi connectivity index (χ4n) is 2.69. The number of para-hydroxylation sites is 1. The van der Waals surface area contributed by atoms with Gasteiger partial charge in [-0.05, 0) is 36.7 Å². The lowest BCUT2D eigenvalue weighted by Gasteiger charge is -2.11. The molecule has 154 valence electrons. The van der Waals surface area contributed by atoms with Crippen molar-refractivity contribution in [3.63, 3.8) is 0 Å². The Balaban J connectivity index is 0.00000300. The van der Waals surface area contributed by atoms with Gasteiger partial charge in [0.15, 0.2) is 0 Å². The number of rotatable bonds is 8. The van der Waals surface area contributed by atoms with E-state index in [2.05, 4.69) is 20.8 Å². The van der Waals surface area contributed by atoms with Crippen LogP contribution in [-0.2, 0) is 17.8 Å². The Hall–Kier alpha value is -2.77. The normalized spacial score (nSPS) is 10.4. The van der Waals surface area contributed by atoms with E-state index < -0.39 is 0 Å². The molecule has 0 fully saturated rings. The minimum absolute atomic E-state index is 0. The van der Waals surface area contributed by atoms with Gasteiger partial charge in [0.25, 0.3) is 0 Å². The molecule has 0 spiro atoms. The standard InChI is InChI=1S/C21H23FN4O2.ClH/c1-3-23-13-16-6-4-5-7-18(16)24-19(27)10-11-20-25-21(26-28-20)15-9-8-14(2)17(22)12-15;/h4-9,12,23H,3,10-11,13H2,1-2H3,(H,24,27);1H. The van der Waals surface area contributed by atoms with E-state index in [1.807, 2.05) is 31.2 Å². The summed E-state index contributed by atoms with van der Waals surface area (Å²) in [5.41, 5.74) is 2.91. The third kappa shape index (κ3) is 6.10. The van der Waals surface area contributed by atoms with Crippen LogP contribution < -0.4 is 10.6 Å². The molecule has 3 aromatic rings. The van der Waals surface area contributed by atoms with Crippen LogP contribution in [0.2, 0.25) is 0 Å². The molecule has 8 heteroatoms. The van der Waals surface area contributed by atoms with Crippen LogP contribution in [0.15, 0.2) is 47.0 Å². The first kappa shape index (κ1) is 22.5. The monoisotopic (exact) mass is 418 g/mol. The Labute approximate surface area is 175 Å². The number of amides is 1. The maximum Gasteiger partial charge on any atom is 0.227 e. The van der Waals surface area contributed by atoms with Crippen molar-refractivity contribution in [2.45, 2.75) is 33.2 Å². The van der Waals surface area contributed by atoms with Crippen LogP contribution in [0.25, 0.3) is 11.4 Å². The molecule has 0 saturated carbocycles. The Bertz CT molecular complexity index is 961. The molecule has 1 aromatic heterocycles. The molecule has 1 amide bonds. The molecule has 0 aliphatic carbocycles. The lowest BCUT2D eigenvalue weighted by molar-refractivity contribution is -0.116. The Kier molecular flexibility index (Phi) is 8.30. The fraction of sp³-hybridized carbons (Fsp3) is 0.286. The van der Waals surface area contributed by atoms with Gasteiger partial charge in [0, 0.05) is 30.6 Å². The van der Waals surface area contributed by atoms with Gasteiger partial charge >= 0.3 is 0 Å². The highest BCUT2D eigenvalue weighted by atomic mass is 35.5. The van der Waals surface area contributed by atoms with E-state index in [1.54, 1.807) is 19.1 Å². The van der Waals surface area contributed by atoms with Gasteiger partial charge in [0.05, 0.1) is 0 Å². The number of carbonyl (C=O) groups excluding carboxylic acids is 1. The molecule has 0 aliphatic rings. The Morgan fingerprint density at radius 2 is 2.00 bits per heavy atom. The second-order valence-electron chi connectivity index (χ2n) is 6.46. The Morgan fingerprint density at radius 1 is 1.21 bits per heavy atom. The summed E-state index contributed by atoms with van der Waals surface area (Å²) in [4.78, 5) is 16.6. The largest absolute Gasteiger partial charge is 0.339 e. The number of aromatic nitrogens is 2. The van der Waals surface area contributed by atoms with Crippen LogP contribution in [0.1, 0.15) is 30.4 Å². The summed E-state index contributed by atoms with van der Waals surface area (Å²) >= 11 is 0. The van der Waals surface area contributed by atoms with Crippen molar-refractivity contribution in [2.75, 3.05) is 11.9 Å². The first-order chi connectivity index (χ1) is 13.6. The van der Waals surface area contributed by atoms with E-state index in [1.165, 1.54) is 6.07 Å². The van der Waals surface area contributed by atoms with Crippen molar-refractivity contribution >= 4 is 24.0 Å². The summed E-state index contributed by atoms with van der Waals surface area (Å²) in [7, 11) is 0. The number of hydrogen-bond donors (Lipinski definition) is 2. The van der Waals surface area contributed by atoms with E-state index in [0.717, 1.165) is 17.8 Å². The van der Waals surface area contributed by atoms with Crippen LogP contribution in [0.4, 0.5) is 10.1 Å². The van der Waals surface area contributed by atoms with Gasteiger partial charge in [-0.15, -0.1) is 12.4 Å². The minimum atomic E-state index is -0.320. The highest BCUT2D eigenvalue weighted by molar-refractivity contribution is 5.91. The summed E-state index contributed by atoms with van der Waals surface area (Å²) < 4.78 is 18.9. The number of benzene rings is 2. The second kappa shape index (κ2) is 10.7. The van der Waals surface area contributed by atoms with Gasteiger partial charge in [-0.2, -0.15) is 4.98 Å². The number of anilines is 1. The van der Waals surface area contributed by atoms with E-state index in [4.69, 9.17) is 4.52 Å². The van der Waals surface area contributed by atoms with Gasteiger partial charge in [-0.1, -0.05) is 42.4 Å². The summed E-state index contributed by atoms with van der Waals surface area (Å²) in [5.74, 6) is 0.196. The van der Waals surface area contributed by atoms with Crippen LogP contribution in [-0.4, -0.2) is 22.6 Å². The maximum absolute atomic E-state index is 13.7. The van der Waals surface area contributed by atoms with Crippen molar-refractivity contribution in [3.8, 4) is 11.4 Å².